The molecule has 0 saturated carbocycles. The van der Waals surface area contributed by atoms with Gasteiger partial charge in [0.25, 0.3) is 0 Å². The van der Waals surface area contributed by atoms with Gasteiger partial charge in [-0.3, -0.25) is 4.79 Å². The monoisotopic (exact) mass is 140 g/mol. The molecule has 10 heavy (non-hydrogen) atoms. The highest BCUT2D eigenvalue weighted by Gasteiger charge is 2.11. The summed E-state index contributed by atoms with van der Waals surface area (Å²) in [5, 5.41) is 0. The summed E-state index contributed by atoms with van der Waals surface area (Å²) in [7, 11) is 0. The number of carbonyl (C=O) groups excluding carboxylic acids is 2. The van der Waals surface area contributed by atoms with E-state index in [9.17, 15) is 9.59 Å². The van der Waals surface area contributed by atoms with Crippen LogP contribution in [-0.4, -0.2) is 12.6 Å². The Morgan fingerprint density at radius 1 is 1.30 bits per heavy atom. The minimum absolute atomic E-state index is 0.509. The molecule has 0 rings (SSSR count). The van der Waals surface area contributed by atoms with Crippen molar-refractivity contribution in [2.24, 2.45) is 5.41 Å². The molecular weight excluding hydrogens is 128 g/mol. The first-order valence-electron chi connectivity index (χ1n) is 3.13. The smallest absolute Gasteiger partial charge is 0.145 e. The molecule has 0 N–H and O–H groups in total. The molecule has 0 heterocycles. The van der Waals surface area contributed by atoms with E-state index < -0.39 is 5.41 Å². The van der Waals surface area contributed by atoms with Crippen LogP contribution in [0.5, 0.6) is 0 Å². The van der Waals surface area contributed by atoms with Gasteiger partial charge in [0.05, 0.1) is 0 Å². The zero-order valence-electron chi connectivity index (χ0n) is 6.55. The molecule has 56 valence electrons. The summed E-state index contributed by atoms with van der Waals surface area (Å²) >= 11 is 0. The first-order chi connectivity index (χ1) is 4.52. The van der Waals surface area contributed by atoms with Crippen LogP contribution in [0.3, 0.4) is 0 Å². The van der Waals surface area contributed by atoms with E-state index in [1.165, 1.54) is 0 Å². The molecule has 2 nitrogen and oxygen atoms in total. The van der Waals surface area contributed by atoms with Gasteiger partial charge in [0.1, 0.15) is 12.6 Å². The minimum atomic E-state index is -0.509. The number of allylic oxidation sites excluding steroid dienone is 2. The van der Waals surface area contributed by atoms with Crippen molar-refractivity contribution in [3.8, 4) is 0 Å². The lowest BCUT2D eigenvalue weighted by molar-refractivity contribution is -0.112. The van der Waals surface area contributed by atoms with E-state index in [0.29, 0.717) is 5.57 Å². The Kier molecular flexibility index (Phi) is 3.00. The Morgan fingerprint density at radius 3 is 2.10 bits per heavy atom. The number of aldehydes is 2. The third-order valence-corrected chi connectivity index (χ3v) is 1.09. The van der Waals surface area contributed by atoms with Gasteiger partial charge in [0, 0.05) is 5.41 Å². The van der Waals surface area contributed by atoms with Crippen molar-refractivity contribution in [1.82, 2.24) is 0 Å². The maximum absolute atomic E-state index is 10.3. The third-order valence-electron chi connectivity index (χ3n) is 1.09. The highest BCUT2D eigenvalue weighted by atomic mass is 16.1. The Labute approximate surface area is 60.9 Å². The van der Waals surface area contributed by atoms with Crippen molar-refractivity contribution < 1.29 is 9.59 Å². The molecule has 0 unspecified atom stereocenters. The Balaban J connectivity index is 4.37. The van der Waals surface area contributed by atoms with Gasteiger partial charge in [-0.25, -0.2) is 0 Å². The summed E-state index contributed by atoms with van der Waals surface area (Å²) in [4.78, 5) is 20.4. The summed E-state index contributed by atoms with van der Waals surface area (Å²) in [5.74, 6) is 0. The molecule has 2 heteroatoms. The zero-order valence-corrected chi connectivity index (χ0v) is 6.55. The molecule has 0 radical (unpaired) electrons. The molecule has 0 saturated heterocycles. The van der Waals surface area contributed by atoms with Crippen molar-refractivity contribution in [3.05, 3.63) is 11.6 Å². The fraction of sp³-hybridized carbons (Fsp3) is 0.500. The van der Waals surface area contributed by atoms with E-state index in [1.807, 2.05) is 0 Å². The lowest BCUT2D eigenvalue weighted by atomic mass is 9.93. The molecule has 0 aromatic carbocycles. The molecule has 0 atom stereocenters. The van der Waals surface area contributed by atoms with Crippen LogP contribution in [0.1, 0.15) is 20.8 Å². The first kappa shape index (κ1) is 9.08. The minimum Gasteiger partial charge on any atom is -0.302 e. The van der Waals surface area contributed by atoms with Crippen LogP contribution in [0, 0.1) is 5.41 Å². The largest absolute Gasteiger partial charge is 0.302 e. The van der Waals surface area contributed by atoms with Crippen LogP contribution < -0.4 is 0 Å². The van der Waals surface area contributed by atoms with E-state index in [-0.39, 0.29) is 0 Å². The number of carbonyl (C=O) groups is 2. The first-order valence-corrected chi connectivity index (χ1v) is 3.13. The molecule has 0 aliphatic rings. The molecule has 0 aliphatic heterocycles. The fourth-order valence-electron chi connectivity index (χ4n) is 0.655. The molecule has 0 aromatic heterocycles. The molecule has 0 spiro atoms. The summed E-state index contributed by atoms with van der Waals surface area (Å²) in [5.41, 5.74) is 0.0856. The summed E-state index contributed by atoms with van der Waals surface area (Å²) in [6.45, 7) is 5.19. The van der Waals surface area contributed by atoms with Gasteiger partial charge in [-0.15, -0.1) is 0 Å². The average molecular weight is 140 g/mol. The summed E-state index contributed by atoms with van der Waals surface area (Å²) in [6.07, 6.45) is 3.21. The van der Waals surface area contributed by atoms with Gasteiger partial charge >= 0.3 is 0 Å². The number of hydrogen-bond donors (Lipinski definition) is 0. The maximum Gasteiger partial charge on any atom is 0.145 e. The van der Waals surface area contributed by atoms with Crippen molar-refractivity contribution in [1.29, 1.82) is 0 Å². The lowest BCUT2D eigenvalue weighted by Gasteiger charge is -2.09. The number of hydrogen-bond acceptors (Lipinski definition) is 2. The van der Waals surface area contributed by atoms with Crippen molar-refractivity contribution in [2.45, 2.75) is 20.8 Å². The molecular formula is C8H12O2. The van der Waals surface area contributed by atoms with E-state index in [2.05, 4.69) is 0 Å². The van der Waals surface area contributed by atoms with Crippen LogP contribution in [0.15, 0.2) is 11.6 Å². The van der Waals surface area contributed by atoms with E-state index >= 15 is 0 Å². The predicted molar refractivity (Wildman–Crippen MR) is 39.7 cm³/mol. The van der Waals surface area contributed by atoms with Crippen LogP contribution >= 0.6 is 0 Å². The van der Waals surface area contributed by atoms with Crippen LogP contribution in [-0.2, 0) is 9.59 Å². The van der Waals surface area contributed by atoms with Gasteiger partial charge < -0.3 is 4.79 Å². The van der Waals surface area contributed by atoms with Crippen molar-refractivity contribution >= 4 is 12.6 Å². The Bertz CT molecular complexity index is 166. The average Bonchev–Trinajstić information content (AvgIpc) is 1.87. The van der Waals surface area contributed by atoms with Gasteiger partial charge in [-0.2, -0.15) is 0 Å². The van der Waals surface area contributed by atoms with Crippen molar-refractivity contribution in [2.75, 3.05) is 0 Å². The number of rotatable bonds is 3. The quantitative estimate of drug-likeness (QED) is 0.438. The highest BCUT2D eigenvalue weighted by Crippen LogP contribution is 2.14. The van der Waals surface area contributed by atoms with E-state index in [1.54, 1.807) is 26.8 Å². The molecule has 0 amide bonds. The SMILES string of the molecule is CC(C=O)=CC(C)(C)C=O. The van der Waals surface area contributed by atoms with Crippen LogP contribution in [0.4, 0.5) is 0 Å². The van der Waals surface area contributed by atoms with Crippen LogP contribution in [0.2, 0.25) is 0 Å². The highest BCUT2D eigenvalue weighted by molar-refractivity contribution is 5.74. The second kappa shape index (κ2) is 3.30. The van der Waals surface area contributed by atoms with Gasteiger partial charge in [0.2, 0.25) is 0 Å². The second-order valence-electron chi connectivity index (χ2n) is 2.95. The standard InChI is InChI=1S/C8H12O2/c1-7(5-9)4-8(2,3)6-10/h4-6H,1-3H3. The summed E-state index contributed by atoms with van der Waals surface area (Å²) in [6, 6.07) is 0. The maximum atomic E-state index is 10.3. The van der Waals surface area contributed by atoms with E-state index in [4.69, 9.17) is 0 Å². The second-order valence-corrected chi connectivity index (χ2v) is 2.95. The molecule has 0 aromatic rings. The third kappa shape index (κ3) is 3.17. The van der Waals surface area contributed by atoms with Gasteiger partial charge in [-0.1, -0.05) is 6.08 Å². The normalized spacial score (nSPS) is 12.9. The lowest BCUT2D eigenvalue weighted by Crippen LogP contribution is -2.09. The van der Waals surface area contributed by atoms with Crippen molar-refractivity contribution in [3.63, 3.8) is 0 Å². The van der Waals surface area contributed by atoms with Gasteiger partial charge in [-0.05, 0) is 26.3 Å². The predicted octanol–water partition coefficient (Wildman–Crippen LogP) is 1.36. The van der Waals surface area contributed by atoms with Gasteiger partial charge in [0.15, 0.2) is 0 Å². The molecule has 0 fully saturated rings. The topological polar surface area (TPSA) is 34.1 Å². The Hall–Kier alpha value is -0.920. The molecule has 0 aliphatic carbocycles. The van der Waals surface area contributed by atoms with Crippen LogP contribution in [0.25, 0.3) is 0 Å². The molecule has 0 bridgehead atoms. The fourth-order valence-corrected chi connectivity index (χ4v) is 0.655. The van der Waals surface area contributed by atoms with E-state index in [0.717, 1.165) is 12.6 Å². The summed E-state index contributed by atoms with van der Waals surface area (Å²) < 4.78 is 0. The Morgan fingerprint density at radius 2 is 1.80 bits per heavy atom. The zero-order chi connectivity index (χ0) is 8.20.